The molecule has 1 aliphatic rings. The van der Waals surface area contributed by atoms with Crippen molar-refractivity contribution in [1.29, 1.82) is 0 Å². The van der Waals surface area contributed by atoms with Crippen LogP contribution in [0.5, 0.6) is 0 Å². The lowest BCUT2D eigenvalue weighted by Gasteiger charge is -2.24. The third-order valence-corrected chi connectivity index (χ3v) is 5.85. The fourth-order valence-corrected chi connectivity index (χ4v) is 3.68. The second kappa shape index (κ2) is 9.09. The Morgan fingerprint density at radius 2 is 1.82 bits per heavy atom. The molecule has 0 aliphatic carbocycles. The minimum atomic E-state index is -5.04. The number of nitrogens with one attached hydrogen (secondary N) is 1. The molecule has 4 atom stereocenters. The Morgan fingerprint density at radius 3 is 2.32 bits per heavy atom. The van der Waals surface area contributed by atoms with Crippen LogP contribution in [-0.4, -0.2) is 65.5 Å². The first-order valence-electron chi connectivity index (χ1n) is 7.59. The standard InChI is InChI=1S/C12H20N2O12P2/c1-21-8-9(26-28(18,19)20)11(24-6-27(17,22-2)23-3)25-10(8)14-5-4-7(15)13-12(14)16/h4-5,8-11H,6H2,1-3H3,(H,13,15,16)(H2,18,19,20)/t8-,9+,10?,11?/m1/s1. The number of aromatic amines is 1. The molecule has 0 bridgehead atoms. The maximum absolute atomic E-state index is 12.1. The number of methoxy groups -OCH3 is 1. The molecule has 28 heavy (non-hydrogen) atoms. The van der Waals surface area contributed by atoms with Crippen LogP contribution in [0.25, 0.3) is 0 Å². The lowest BCUT2D eigenvalue weighted by Crippen LogP contribution is -2.39. The Labute approximate surface area is 158 Å². The molecule has 16 heteroatoms. The molecule has 0 spiro atoms. The molecule has 2 unspecified atom stereocenters. The molecular weight excluding hydrogens is 426 g/mol. The molecule has 1 aromatic rings. The Bertz CT molecular complexity index is 870. The summed E-state index contributed by atoms with van der Waals surface area (Å²) in [4.78, 5) is 43.7. The number of phosphoric ester groups is 1. The van der Waals surface area contributed by atoms with E-state index in [0.717, 1.165) is 31.0 Å². The van der Waals surface area contributed by atoms with Crippen molar-refractivity contribution < 1.29 is 46.7 Å². The number of phosphoric acid groups is 1. The molecule has 1 fully saturated rings. The summed E-state index contributed by atoms with van der Waals surface area (Å²) in [6, 6.07) is 1.04. The smallest absolute Gasteiger partial charge is 0.374 e. The molecule has 2 heterocycles. The number of rotatable bonds is 9. The average molecular weight is 446 g/mol. The van der Waals surface area contributed by atoms with Crippen molar-refractivity contribution in [2.45, 2.75) is 24.7 Å². The summed E-state index contributed by atoms with van der Waals surface area (Å²) in [7, 11) is -5.27. The molecule has 3 N–H and O–H groups in total. The lowest BCUT2D eigenvalue weighted by atomic mass is 10.2. The summed E-state index contributed by atoms with van der Waals surface area (Å²) in [5.74, 6) is 0. The van der Waals surface area contributed by atoms with E-state index in [0.29, 0.717) is 0 Å². The van der Waals surface area contributed by atoms with Gasteiger partial charge in [-0.05, 0) is 0 Å². The van der Waals surface area contributed by atoms with Crippen LogP contribution in [0, 0.1) is 0 Å². The Hall–Kier alpha value is -1.18. The van der Waals surface area contributed by atoms with E-state index in [1.54, 1.807) is 0 Å². The lowest BCUT2D eigenvalue weighted by molar-refractivity contribution is -0.167. The van der Waals surface area contributed by atoms with Gasteiger partial charge >= 0.3 is 21.1 Å². The van der Waals surface area contributed by atoms with Gasteiger partial charge in [-0.1, -0.05) is 0 Å². The average Bonchev–Trinajstić information content (AvgIpc) is 2.95. The van der Waals surface area contributed by atoms with Crippen molar-refractivity contribution in [3.05, 3.63) is 33.1 Å². The van der Waals surface area contributed by atoms with Gasteiger partial charge < -0.3 is 33.0 Å². The van der Waals surface area contributed by atoms with Gasteiger partial charge in [0.15, 0.2) is 25.0 Å². The van der Waals surface area contributed by atoms with Crippen LogP contribution >= 0.6 is 15.4 Å². The van der Waals surface area contributed by atoms with Crippen LogP contribution in [0.3, 0.4) is 0 Å². The second-order valence-corrected chi connectivity index (χ2v) is 8.85. The topological polar surface area (TPSA) is 185 Å². The Kier molecular flexibility index (Phi) is 7.50. The minimum Gasteiger partial charge on any atom is -0.374 e. The summed E-state index contributed by atoms with van der Waals surface area (Å²) in [5.41, 5.74) is -1.53. The van der Waals surface area contributed by atoms with Crippen LogP contribution in [0.15, 0.2) is 21.9 Å². The summed E-state index contributed by atoms with van der Waals surface area (Å²) in [6.07, 6.45) is -5.14. The minimum absolute atomic E-state index is 0.643. The van der Waals surface area contributed by atoms with Gasteiger partial charge in [0, 0.05) is 33.6 Å². The van der Waals surface area contributed by atoms with Crippen LogP contribution < -0.4 is 11.2 Å². The van der Waals surface area contributed by atoms with Crippen molar-refractivity contribution in [2.75, 3.05) is 27.7 Å². The molecule has 14 nitrogen and oxygen atoms in total. The Morgan fingerprint density at radius 1 is 1.18 bits per heavy atom. The summed E-state index contributed by atoms with van der Waals surface area (Å²) >= 11 is 0. The number of aromatic nitrogens is 2. The fraction of sp³-hybridized carbons (Fsp3) is 0.667. The quantitative estimate of drug-likeness (QED) is 0.408. The van der Waals surface area contributed by atoms with E-state index in [4.69, 9.17) is 27.8 Å². The molecule has 1 saturated heterocycles. The first-order valence-corrected chi connectivity index (χ1v) is 10.8. The largest absolute Gasteiger partial charge is 0.470 e. The summed E-state index contributed by atoms with van der Waals surface area (Å²) in [6.45, 7) is 0. The predicted octanol–water partition coefficient (Wildman–Crippen LogP) is -0.656. The van der Waals surface area contributed by atoms with E-state index in [-0.39, 0.29) is 0 Å². The summed E-state index contributed by atoms with van der Waals surface area (Å²) in [5, 5.41) is 0. The van der Waals surface area contributed by atoms with Crippen molar-refractivity contribution in [3.63, 3.8) is 0 Å². The van der Waals surface area contributed by atoms with Crippen LogP contribution in [0.4, 0.5) is 0 Å². The monoisotopic (exact) mass is 446 g/mol. The van der Waals surface area contributed by atoms with Gasteiger partial charge in [-0.25, -0.2) is 9.36 Å². The van der Waals surface area contributed by atoms with Crippen molar-refractivity contribution >= 4 is 15.4 Å². The molecule has 0 radical (unpaired) electrons. The van der Waals surface area contributed by atoms with Crippen molar-refractivity contribution in [1.82, 2.24) is 9.55 Å². The van der Waals surface area contributed by atoms with E-state index in [1.165, 1.54) is 7.11 Å². The number of H-pyrrole nitrogens is 1. The van der Waals surface area contributed by atoms with Gasteiger partial charge in [0.25, 0.3) is 5.56 Å². The normalized spacial score (nSPS) is 25.9. The highest BCUT2D eigenvalue weighted by Gasteiger charge is 2.51. The molecular formula is C12H20N2O12P2. The highest BCUT2D eigenvalue weighted by molar-refractivity contribution is 7.53. The highest BCUT2D eigenvalue weighted by atomic mass is 31.2. The van der Waals surface area contributed by atoms with Gasteiger partial charge in [-0.3, -0.25) is 23.4 Å². The molecule has 0 saturated carbocycles. The Balaban J connectivity index is 2.36. The van der Waals surface area contributed by atoms with E-state index < -0.39 is 57.7 Å². The SMILES string of the molecule is CO[C@H]1C(n2ccc(=O)[nH]c2=O)OC(OCP(=O)(OC)OC)[C@H]1OP(=O)(O)O. The summed E-state index contributed by atoms with van der Waals surface area (Å²) < 4.78 is 54.5. The zero-order chi connectivity index (χ0) is 21.1. The first kappa shape index (κ1) is 23.1. The van der Waals surface area contributed by atoms with Crippen LogP contribution in [0.2, 0.25) is 0 Å². The maximum Gasteiger partial charge on any atom is 0.470 e. The van der Waals surface area contributed by atoms with E-state index in [1.807, 2.05) is 4.98 Å². The zero-order valence-electron chi connectivity index (χ0n) is 15.0. The van der Waals surface area contributed by atoms with Crippen molar-refractivity contribution in [3.8, 4) is 0 Å². The number of nitrogens with zero attached hydrogens (tertiary/aromatic N) is 1. The third kappa shape index (κ3) is 5.45. The first-order chi connectivity index (χ1) is 13.0. The van der Waals surface area contributed by atoms with Gasteiger partial charge in [0.2, 0.25) is 0 Å². The van der Waals surface area contributed by atoms with Gasteiger partial charge in [-0.15, -0.1) is 0 Å². The zero-order valence-corrected chi connectivity index (χ0v) is 16.8. The second-order valence-electron chi connectivity index (χ2n) is 5.45. The molecule has 1 aromatic heterocycles. The van der Waals surface area contributed by atoms with Crippen molar-refractivity contribution in [2.24, 2.45) is 0 Å². The molecule has 2 rings (SSSR count). The predicted molar refractivity (Wildman–Crippen MR) is 90.5 cm³/mol. The fourth-order valence-electron chi connectivity index (χ4n) is 2.46. The highest BCUT2D eigenvalue weighted by Crippen LogP contribution is 2.49. The van der Waals surface area contributed by atoms with E-state index >= 15 is 0 Å². The number of hydrogen-bond donors (Lipinski definition) is 3. The number of ether oxygens (including phenoxy) is 3. The van der Waals surface area contributed by atoms with Crippen LogP contribution in [-0.2, 0) is 36.9 Å². The van der Waals surface area contributed by atoms with E-state index in [2.05, 4.69) is 0 Å². The molecule has 1 aliphatic heterocycles. The van der Waals surface area contributed by atoms with Gasteiger partial charge in [0.1, 0.15) is 6.10 Å². The number of hydrogen-bond acceptors (Lipinski definition) is 10. The maximum atomic E-state index is 12.1. The van der Waals surface area contributed by atoms with Gasteiger partial charge in [-0.2, -0.15) is 0 Å². The third-order valence-electron chi connectivity index (χ3n) is 3.76. The molecule has 0 amide bonds. The molecule has 0 aromatic carbocycles. The van der Waals surface area contributed by atoms with Gasteiger partial charge in [0.05, 0.1) is 0 Å². The van der Waals surface area contributed by atoms with E-state index in [9.17, 15) is 28.5 Å². The molecule has 160 valence electrons. The van der Waals surface area contributed by atoms with Crippen LogP contribution in [0.1, 0.15) is 6.23 Å².